The van der Waals surface area contributed by atoms with Crippen molar-refractivity contribution < 1.29 is 4.79 Å². The number of aliphatic imine (C=N–C) groups is 1. The molecule has 9 heteroatoms. The molecule has 1 saturated heterocycles. The lowest BCUT2D eigenvalue weighted by molar-refractivity contribution is -0.121. The van der Waals surface area contributed by atoms with Gasteiger partial charge in [0, 0.05) is 25.0 Å². The quantitative estimate of drug-likeness (QED) is 0.647. The Kier molecular flexibility index (Phi) is 4.02. The molecule has 0 unspecified atom stereocenters. The number of fused-ring (bicyclic) bond motifs is 1. The van der Waals surface area contributed by atoms with Gasteiger partial charge >= 0.3 is 0 Å². The number of likely N-dealkylation sites (N-methyl/N-ethyl adjacent to an activating group) is 1. The van der Waals surface area contributed by atoms with Gasteiger partial charge < -0.3 is 0 Å². The Morgan fingerprint density at radius 1 is 1.20 bits per heavy atom. The summed E-state index contributed by atoms with van der Waals surface area (Å²) in [6, 6.07) is 5.71. The van der Waals surface area contributed by atoms with E-state index in [1.54, 1.807) is 19.4 Å². The molecule has 0 spiro atoms. The Morgan fingerprint density at radius 2 is 2.04 bits per heavy atom. The van der Waals surface area contributed by atoms with Gasteiger partial charge in [0.1, 0.15) is 5.01 Å². The van der Waals surface area contributed by atoms with Crippen molar-refractivity contribution in [1.82, 2.24) is 25.1 Å². The van der Waals surface area contributed by atoms with Crippen molar-refractivity contribution in [3.05, 3.63) is 46.1 Å². The number of benzene rings is 1. The molecule has 0 atom stereocenters. The number of hydrogen-bond acceptors (Lipinski definition) is 8. The number of para-hydroxylation sites is 1. The third kappa shape index (κ3) is 3.03. The van der Waals surface area contributed by atoms with Crippen molar-refractivity contribution in [2.24, 2.45) is 4.99 Å². The van der Waals surface area contributed by atoms with Gasteiger partial charge in [0.05, 0.1) is 15.9 Å². The molecule has 0 saturated carbocycles. The van der Waals surface area contributed by atoms with Crippen LogP contribution in [0.5, 0.6) is 0 Å². The molecule has 124 valence electrons. The number of carbonyl (C=O) groups excluding carboxylic acids is 1. The van der Waals surface area contributed by atoms with Crippen LogP contribution in [0.3, 0.4) is 0 Å². The number of amidine groups is 1. The van der Waals surface area contributed by atoms with Crippen molar-refractivity contribution >= 4 is 56.4 Å². The van der Waals surface area contributed by atoms with E-state index in [-0.39, 0.29) is 5.91 Å². The minimum Gasteiger partial charge on any atom is -0.289 e. The van der Waals surface area contributed by atoms with Gasteiger partial charge in [-0.25, -0.2) is 0 Å². The van der Waals surface area contributed by atoms with Crippen LogP contribution < -0.4 is 0 Å². The summed E-state index contributed by atoms with van der Waals surface area (Å²) >= 11 is 2.70. The predicted octanol–water partition coefficient (Wildman–Crippen LogP) is 3.02. The van der Waals surface area contributed by atoms with Gasteiger partial charge in [-0.05, 0) is 30.8 Å². The lowest BCUT2D eigenvalue weighted by Gasteiger charge is -2.05. The van der Waals surface area contributed by atoms with Crippen molar-refractivity contribution in [2.45, 2.75) is 6.92 Å². The standard InChI is InChI=1S/C16H12N6OS2/c1-9-20-21-15(24-9)19-16-22(2)14(23)12(25-16)8-10-4-3-5-11-13(10)18-7-6-17-11/h3-8H,1-2H3/b12-8-,19-16?. The Labute approximate surface area is 151 Å². The van der Waals surface area contributed by atoms with Gasteiger partial charge in [0.25, 0.3) is 5.91 Å². The van der Waals surface area contributed by atoms with E-state index < -0.39 is 0 Å². The van der Waals surface area contributed by atoms with Crippen LogP contribution in [0.4, 0.5) is 5.13 Å². The fourth-order valence-corrected chi connectivity index (χ4v) is 3.91. The van der Waals surface area contributed by atoms with Gasteiger partial charge in [-0.1, -0.05) is 23.5 Å². The van der Waals surface area contributed by atoms with Crippen molar-refractivity contribution in [2.75, 3.05) is 7.05 Å². The number of nitrogens with zero attached hydrogens (tertiary/aromatic N) is 6. The lowest BCUT2D eigenvalue weighted by Crippen LogP contribution is -2.23. The molecule has 1 aliphatic heterocycles. The van der Waals surface area contributed by atoms with Gasteiger partial charge in [0.2, 0.25) is 5.13 Å². The van der Waals surface area contributed by atoms with E-state index in [4.69, 9.17) is 0 Å². The Bertz CT molecular complexity index is 1040. The monoisotopic (exact) mass is 368 g/mol. The highest BCUT2D eigenvalue weighted by Gasteiger charge is 2.30. The van der Waals surface area contributed by atoms with E-state index in [1.807, 2.05) is 31.2 Å². The van der Waals surface area contributed by atoms with Crippen molar-refractivity contribution in [3.8, 4) is 0 Å². The fraction of sp³-hybridized carbons (Fsp3) is 0.125. The first-order valence-electron chi connectivity index (χ1n) is 7.38. The number of thioether (sulfide) groups is 1. The highest BCUT2D eigenvalue weighted by molar-refractivity contribution is 8.18. The summed E-state index contributed by atoms with van der Waals surface area (Å²) in [4.78, 5) is 27.7. The van der Waals surface area contributed by atoms with Crippen molar-refractivity contribution in [3.63, 3.8) is 0 Å². The molecule has 7 nitrogen and oxygen atoms in total. The molecule has 0 aliphatic carbocycles. The lowest BCUT2D eigenvalue weighted by atomic mass is 10.1. The number of hydrogen-bond donors (Lipinski definition) is 0. The SMILES string of the molecule is Cc1nnc(N=C2S/C(=C\c3cccc4nccnc34)C(=O)N2C)s1. The molecule has 3 heterocycles. The Morgan fingerprint density at radius 3 is 2.84 bits per heavy atom. The van der Waals surface area contributed by atoms with Crippen LogP contribution in [0.25, 0.3) is 17.1 Å². The van der Waals surface area contributed by atoms with Crippen LogP contribution in [0, 0.1) is 6.92 Å². The van der Waals surface area contributed by atoms with E-state index in [0.717, 1.165) is 21.6 Å². The highest BCUT2D eigenvalue weighted by Crippen LogP contribution is 2.34. The van der Waals surface area contributed by atoms with Crippen LogP contribution in [0.1, 0.15) is 10.6 Å². The second kappa shape index (κ2) is 6.34. The summed E-state index contributed by atoms with van der Waals surface area (Å²) in [7, 11) is 1.70. The predicted molar refractivity (Wildman–Crippen MR) is 99.6 cm³/mol. The van der Waals surface area contributed by atoms with E-state index in [1.165, 1.54) is 28.0 Å². The summed E-state index contributed by atoms with van der Waals surface area (Å²) in [5.74, 6) is -0.106. The molecule has 1 amide bonds. The molecule has 0 radical (unpaired) electrons. The maximum Gasteiger partial charge on any atom is 0.266 e. The molecule has 1 fully saturated rings. The average molecular weight is 368 g/mol. The number of aromatic nitrogens is 4. The van der Waals surface area contributed by atoms with Crippen LogP contribution in [-0.4, -0.2) is 43.2 Å². The number of aryl methyl sites for hydroxylation is 1. The minimum absolute atomic E-state index is 0.106. The van der Waals surface area contributed by atoms with Crippen LogP contribution in [0.2, 0.25) is 0 Å². The van der Waals surface area contributed by atoms with E-state index in [2.05, 4.69) is 25.2 Å². The summed E-state index contributed by atoms with van der Waals surface area (Å²) in [5, 5.41) is 9.88. The average Bonchev–Trinajstić information content (AvgIpc) is 3.14. The third-order valence-electron chi connectivity index (χ3n) is 3.53. The number of rotatable bonds is 2. The molecular weight excluding hydrogens is 356 g/mol. The van der Waals surface area contributed by atoms with Crippen LogP contribution in [-0.2, 0) is 4.79 Å². The van der Waals surface area contributed by atoms with E-state index in [9.17, 15) is 4.79 Å². The van der Waals surface area contributed by atoms with Gasteiger partial charge in [-0.2, -0.15) is 4.99 Å². The molecule has 1 aromatic carbocycles. The van der Waals surface area contributed by atoms with Gasteiger partial charge in [0.15, 0.2) is 5.17 Å². The first-order chi connectivity index (χ1) is 12.1. The molecule has 2 aromatic heterocycles. The molecule has 0 N–H and O–H groups in total. The molecule has 1 aliphatic rings. The van der Waals surface area contributed by atoms with Crippen LogP contribution in [0.15, 0.2) is 40.5 Å². The summed E-state index contributed by atoms with van der Waals surface area (Å²) < 4.78 is 0. The second-order valence-electron chi connectivity index (χ2n) is 5.24. The number of amides is 1. The van der Waals surface area contributed by atoms with Gasteiger partial charge in [-0.3, -0.25) is 19.7 Å². The topological polar surface area (TPSA) is 84.2 Å². The maximum absolute atomic E-state index is 12.5. The normalized spacial score (nSPS) is 18.0. The Balaban J connectivity index is 1.72. The molecule has 0 bridgehead atoms. The summed E-state index contributed by atoms with van der Waals surface area (Å²) in [6.07, 6.45) is 5.12. The smallest absolute Gasteiger partial charge is 0.266 e. The zero-order valence-corrected chi connectivity index (χ0v) is 15.0. The highest BCUT2D eigenvalue weighted by atomic mass is 32.2. The van der Waals surface area contributed by atoms with Gasteiger partial charge in [-0.15, -0.1) is 10.2 Å². The third-order valence-corrected chi connectivity index (χ3v) is 5.32. The first kappa shape index (κ1) is 15.9. The first-order valence-corrected chi connectivity index (χ1v) is 9.01. The summed E-state index contributed by atoms with van der Waals surface area (Å²) in [5.41, 5.74) is 2.40. The van der Waals surface area contributed by atoms with E-state index in [0.29, 0.717) is 15.2 Å². The second-order valence-corrected chi connectivity index (χ2v) is 7.41. The summed E-state index contributed by atoms with van der Waals surface area (Å²) in [6.45, 7) is 1.87. The molecule has 25 heavy (non-hydrogen) atoms. The maximum atomic E-state index is 12.5. The minimum atomic E-state index is -0.106. The van der Waals surface area contributed by atoms with E-state index >= 15 is 0 Å². The fourth-order valence-electron chi connectivity index (χ4n) is 2.34. The van der Waals surface area contributed by atoms with Crippen LogP contribution >= 0.6 is 23.1 Å². The Hall–Kier alpha value is -2.65. The molecule has 4 rings (SSSR count). The largest absolute Gasteiger partial charge is 0.289 e. The molecular formula is C16H12N6OS2. The zero-order chi connectivity index (χ0) is 17.4. The number of carbonyl (C=O) groups is 1. The molecule has 3 aromatic rings. The van der Waals surface area contributed by atoms with Crippen molar-refractivity contribution in [1.29, 1.82) is 0 Å². The zero-order valence-electron chi connectivity index (χ0n) is 13.4.